The minimum absolute atomic E-state index is 0.0347. The van der Waals surface area contributed by atoms with E-state index in [2.05, 4.69) is 146 Å². The molecule has 0 saturated heterocycles. The Kier molecular flexibility index (Phi) is 5.53. The first-order valence-electron chi connectivity index (χ1n) is 18.2. The summed E-state index contributed by atoms with van der Waals surface area (Å²) in [6, 6.07) is 24.7. The zero-order chi connectivity index (χ0) is 33.2. The van der Waals surface area contributed by atoms with Gasteiger partial charge in [-0.1, -0.05) is 112 Å². The lowest BCUT2D eigenvalue weighted by Crippen LogP contribution is -2.64. The summed E-state index contributed by atoms with van der Waals surface area (Å²) >= 11 is 0. The van der Waals surface area contributed by atoms with E-state index in [4.69, 9.17) is 0 Å². The van der Waals surface area contributed by atoms with Crippen LogP contribution < -0.4 is 21.3 Å². The Labute approximate surface area is 282 Å². The second kappa shape index (κ2) is 8.76. The van der Waals surface area contributed by atoms with E-state index < -0.39 is 0 Å². The predicted molar refractivity (Wildman–Crippen MR) is 204 cm³/mol. The molecule has 0 amide bonds. The molecule has 4 aromatic carbocycles. The molecule has 0 radical (unpaired) electrons. The van der Waals surface area contributed by atoms with Gasteiger partial charge in [0.25, 0.3) is 6.71 Å². The van der Waals surface area contributed by atoms with Crippen molar-refractivity contribution in [3.63, 3.8) is 0 Å². The third kappa shape index (κ3) is 3.54. The Balaban J connectivity index is 1.47. The molecular weight excluding hydrogens is 567 g/mol. The molecule has 9 rings (SSSR count). The summed E-state index contributed by atoms with van der Waals surface area (Å²) in [5.74, 6) is 0. The fraction of sp³-hybridized carbons (Fsp3) is 0.455. The van der Waals surface area contributed by atoms with Gasteiger partial charge < -0.3 is 9.47 Å². The molecular formula is C44H51BN2. The third-order valence-electron chi connectivity index (χ3n) is 13.1. The highest BCUT2D eigenvalue weighted by molar-refractivity contribution is 7.00. The monoisotopic (exact) mass is 618 g/mol. The summed E-state index contributed by atoms with van der Waals surface area (Å²) in [5.41, 5.74) is 17.9. The van der Waals surface area contributed by atoms with Gasteiger partial charge in [0.1, 0.15) is 0 Å². The quantitative estimate of drug-likeness (QED) is 0.154. The Hall–Kier alpha value is -3.46. The van der Waals surface area contributed by atoms with Crippen LogP contribution in [0, 0.1) is 0 Å². The van der Waals surface area contributed by atoms with E-state index in [-0.39, 0.29) is 33.9 Å². The van der Waals surface area contributed by atoms with Crippen molar-refractivity contribution < 1.29 is 0 Å². The molecule has 1 aliphatic carbocycles. The second-order valence-corrected chi connectivity index (χ2v) is 19.0. The highest BCUT2D eigenvalue weighted by atomic mass is 15.3. The van der Waals surface area contributed by atoms with Crippen LogP contribution in [0.15, 0.2) is 60.7 Å². The van der Waals surface area contributed by atoms with Crippen LogP contribution in [0.4, 0.5) is 11.4 Å². The number of fused-ring (bicyclic) bond motifs is 10. The first kappa shape index (κ1) is 29.7. The van der Waals surface area contributed by atoms with Crippen LogP contribution in [0.3, 0.4) is 0 Å². The van der Waals surface area contributed by atoms with Gasteiger partial charge in [-0.15, -0.1) is 0 Å². The molecule has 2 nitrogen and oxygen atoms in total. The van der Waals surface area contributed by atoms with Crippen molar-refractivity contribution in [3.05, 3.63) is 82.9 Å². The maximum atomic E-state index is 2.88. The third-order valence-corrected chi connectivity index (χ3v) is 13.1. The van der Waals surface area contributed by atoms with Crippen LogP contribution in [0.5, 0.6) is 0 Å². The summed E-state index contributed by atoms with van der Waals surface area (Å²) < 4.78 is 2.64. The van der Waals surface area contributed by atoms with E-state index in [1.165, 1.54) is 92.1 Å². The lowest BCUT2D eigenvalue weighted by Gasteiger charge is -2.52. The van der Waals surface area contributed by atoms with Crippen molar-refractivity contribution >= 4 is 56.3 Å². The van der Waals surface area contributed by atoms with Crippen molar-refractivity contribution in [2.75, 3.05) is 4.90 Å². The number of anilines is 2. The Morgan fingerprint density at radius 3 is 2.04 bits per heavy atom. The molecule has 0 N–H and O–H groups in total. The fourth-order valence-electron chi connectivity index (χ4n) is 10.4. The summed E-state index contributed by atoms with van der Waals surface area (Å²) in [6.07, 6.45) is 5.09. The van der Waals surface area contributed by atoms with Crippen LogP contribution in [-0.4, -0.2) is 16.8 Å². The van der Waals surface area contributed by atoms with E-state index >= 15 is 0 Å². The highest BCUT2D eigenvalue weighted by Gasteiger charge is 2.62. The normalized spacial score (nSPS) is 23.0. The van der Waals surface area contributed by atoms with Gasteiger partial charge in [-0.3, -0.25) is 0 Å². The maximum absolute atomic E-state index is 2.88. The van der Waals surface area contributed by atoms with Crippen molar-refractivity contribution in [2.24, 2.45) is 0 Å². The molecule has 240 valence electrons. The van der Waals surface area contributed by atoms with Gasteiger partial charge in [-0.05, 0) is 105 Å². The van der Waals surface area contributed by atoms with Gasteiger partial charge in [0.15, 0.2) is 0 Å². The van der Waals surface area contributed by atoms with Gasteiger partial charge >= 0.3 is 0 Å². The molecule has 2 unspecified atom stereocenters. The first-order valence-corrected chi connectivity index (χ1v) is 18.2. The second-order valence-electron chi connectivity index (χ2n) is 19.0. The summed E-state index contributed by atoms with van der Waals surface area (Å²) in [6.45, 7) is 26.9. The van der Waals surface area contributed by atoms with E-state index in [9.17, 15) is 0 Å². The van der Waals surface area contributed by atoms with Crippen LogP contribution >= 0.6 is 0 Å². The Morgan fingerprint density at radius 2 is 1.34 bits per heavy atom. The average molecular weight is 619 g/mol. The van der Waals surface area contributed by atoms with Crippen LogP contribution in [-0.2, 0) is 21.7 Å². The zero-order valence-corrected chi connectivity index (χ0v) is 30.6. The van der Waals surface area contributed by atoms with Gasteiger partial charge in [0, 0.05) is 38.8 Å². The molecule has 4 heterocycles. The zero-order valence-electron chi connectivity index (χ0n) is 30.6. The van der Waals surface area contributed by atoms with E-state index in [1.807, 2.05) is 0 Å². The van der Waals surface area contributed by atoms with Crippen LogP contribution in [0.1, 0.15) is 124 Å². The maximum Gasteiger partial charge on any atom is 0.252 e. The Bertz CT molecular complexity index is 2200. The number of nitrogens with zero attached hydrogens (tertiary/aromatic N) is 2. The van der Waals surface area contributed by atoms with Crippen molar-refractivity contribution in [3.8, 4) is 5.69 Å². The van der Waals surface area contributed by atoms with Crippen LogP contribution in [0.25, 0.3) is 27.5 Å². The molecule has 0 bridgehead atoms. The van der Waals surface area contributed by atoms with Gasteiger partial charge in [-0.25, -0.2) is 0 Å². The Morgan fingerprint density at radius 1 is 0.660 bits per heavy atom. The molecule has 1 fully saturated rings. The largest absolute Gasteiger partial charge is 0.335 e. The first-order chi connectivity index (χ1) is 22.0. The van der Waals surface area contributed by atoms with Gasteiger partial charge in [0.05, 0.1) is 11.1 Å². The van der Waals surface area contributed by atoms with Crippen molar-refractivity contribution in [2.45, 2.75) is 129 Å². The van der Waals surface area contributed by atoms with Crippen molar-refractivity contribution in [1.82, 2.24) is 4.57 Å². The van der Waals surface area contributed by atoms with Gasteiger partial charge in [-0.2, -0.15) is 0 Å². The lowest BCUT2D eigenvalue weighted by molar-refractivity contribution is 0.193. The summed E-state index contributed by atoms with van der Waals surface area (Å²) in [4.78, 5) is 2.88. The SMILES string of the molecule is CC(C)(C)c1ccc2c(c1)c1cc(C(C)(C)C)cc3c1n2-c1cccc2c1B3c1ccc(C(C)(C)C)c3c1N2C1(C)CCCCC31C. The number of hydrogen-bond acceptors (Lipinski definition) is 1. The molecule has 1 saturated carbocycles. The molecule has 3 aliphatic heterocycles. The average Bonchev–Trinajstić information content (AvgIpc) is 3.43. The lowest BCUT2D eigenvalue weighted by atomic mass is 9.33. The molecule has 2 atom stereocenters. The number of aromatic nitrogens is 1. The minimum Gasteiger partial charge on any atom is -0.335 e. The molecule has 5 aromatic rings. The topological polar surface area (TPSA) is 8.17 Å². The summed E-state index contributed by atoms with van der Waals surface area (Å²) in [5, 5.41) is 2.79. The van der Waals surface area contributed by atoms with Gasteiger partial charge in [0.2, 0.25) is 0 Å². The van der Waals surface area contributed by atoms with E-state index in [0.29, 0.717) is 0 Å². The summed E-state index contributed by atoms with van der Waals surface area (Å²) in [7, 11) is 0. The van der Waals surface area contributed by atoms with Crippen molar-refractivity contribution in [1.29, 1.82) is 0 Å². The predicted octanol–water partition coefficient (Wildman–Crippen LogP) is 9.56. The molecule has 1 aromatic heterocycles. The molecule has 0 spiro atoms. The van der Waals surface area contributed by atoms with E-state index in [1.54, 1.807) is 11.1 Å². The van der Waals surface area contributed by atoms with Crippen LogP contribution in [0.2, 0.25) is 0 Å². The molecule has 4 aliphatic rings. The molecule has 3 heteroatoms. The number of benzene rings is 4. The fourth-order valence-corrected chi connectivity index (χ4v) is 10.4. The highest BCUT2D eigenvalue weighted by Crippen LogP contribution is 2.63. The number of hydrogen-bond donors (Lipinski definition) is 0. The standard InChI is InChI=1S/C44H51BN2/c1-40(2,3)26-17-20-33-28(23-26)29-24-27(41(4,5)6)25-32-38(29)46(33)34-15-14-16-35-37(34)45(32)31-19-18-30(42(7,8)9)36-39(31)47(35)44(11)22-13-12-21-43(36,44)10/h14-20,23-25H,12-13,21-22H2,1-11H3. The number of rotatable bonds is 0. The smallest absolute Gasteiger partial charge is 0.252 e. The molecule has 47 heavy (non-hydrogen) atoms. The minimum atomic E-state index is 0.0347. The van der Waals surface area contributed by atoms with E-state index in [0.717, 1.165) is 0 Å².